The van der Waals surface area contributed by atoms with Crippen LogP contribution in [-0.2, 0) is 4.74 Å². The van der Waals surface area contributed by atoms with Crippen LogP contribution < -0.4 is 5.32 Å². The summed E-state index contributed by atoms with van der Waals surface area (Å²) in [6.07, 6.45) is 0. The van der Waals surface area contributed by atoms with Crippen molar-refractivity contribution < 1.29 is 9.84 Å². The molecule has 7 heteroatoms. The lowest BCUT2D eigenvalue weighted by Crippen LogP contribution is -2.14. The molecular formula is C18H21ClN4O2. The molecule has 0 saturated carbocycles. The summed E-state index contributed by atoms with van der Waals surface area (Å²) in [5.41, 5.74) is 4.55. The van der Waals surface area contributed by atoms with Crippen LogP contribution in [0.1, 0.15) is 11.3 Å². The van der Waals surface area contributed by atoms with E-state index in [0.717, 1.165) is 34.0 Å². The van der Waals surface area contributed by atoms with Gasteiger partial charge in [-0.1, -0.05) is 23.7 Å². The Hall–Kier alpha value is -2.15. The molecule has 0 aliphatic carbocycles. The lowest BCUT2D eigenvalue weighted by Gasteiger charge is -2.09. The summed E-state index contributed by atoms with van der Waals surface area (Å²) in [5.74, 6) is 0.853. The molecule has 132 valence electrons. The number of halogens is 1. The van der Waals surface area contributed by atoms with Crippen molar-refractivity contribution in [3.05, 3.63) is 46.6 Å². The largest absolute Gasteiger partial charge is 0.394 e. The average Bonchev–Trinajstić information content (AvgIpc) is 2.92. The Kier molecular flexibility index (Phi) is 5.53. The summed E-state index contributed by atoms with van der Waals surface area (Å²) in [7, 11) is 0. The van der Waals surface area contributed by atoms with Crippen molar-refractivity contribution in [2.24, 2.45) is 0 Å². The van der Waals surface area contributed by atoms with Gasteiger partial charge in [0.2, 0.25) is 0 Å². The molecule has 3 rings (SSSR count). The number of nitrogens with one attached hydrogen (secondary N) is 1. The summed E-state index contributed by atoms with van der Waals surface area (Å²) < 4.78 is 7.10. The number of ether oxygens (including phenoxy) is 1. The van der Waals surface area contributed by atoms with E-state index in [1.54, 1.807) is 0 Å². The number of hydrogen-bond donors (Lipinski definition) is 2. The van der Waals surface area contributed by atoms with Gasteiger partial charge in [-0.3, -0.25) is 0 Å². The summed E-state index contributed by atoms with van der Waals surface area (Å²) in [6.45, 7) is 5.46. The first kappa shape index (κ1) is 17.7. The van der Waals surface area contributed by atoms with Crippen LogP contribution in [0.25, 0.3) is 16.9 Å². The number of aryl methyl sites for hydroxylation is 2. The maximum absolute atomic E-state index is 8.74. The van der Waals surface area contributed by atoms with Crippen molar-refractivity contribution in [2.75, 3.05) is 31.7 Å². The topological polar surface area (TPSA) is 71.7 Å². The molecule has 0 unspecified atom stereocenters. The zero-order valence-corrected chi connectivity index (χ0v) is 15.0. The molecule has 0 fully saturated rings. The monoisotopic (exact) mass is 360 g/mol. The number of fused-ring (bicyclic) bond motifs is 1. The van der Waals surface area contributed by atoms with Gasteiger partial charge in [0.1, 0.15) is 5.82 Å². The number of aliphatic hydroxyl groups excluding tert-OH is 1. The normalized spacial score (nSPS) is 11.2. The second-order valence-electron chi connectivity index (χ2n) is 5.76. The van der Waals surface area contributed by atoms with Gasteiger partial charge in [-0.05, 0) is 26.0 Å². The maximum atomic E-state index is 8.74. The lowest BCUT2D eigenvalue weighted by atomic mass is 10.1. The van der Waals surface area contributed by atoms with Crippen LogP contribution in [0.3, 0.4) is 0 Å². The molecule has 2 N–H and O–H groups in total. The first-order valence-corrected chi connectivity index (χ1v) is 8.53. The molecule has 0 bridgehead atoms. The number of nitrogens with zero attached hydrogens (tertiary/aromatic N) is 3. The molecule has 0 spiro atoms. The van der Waals surface area contributed by atoms with Gasteiger partial charge in [0.05, 0.1) is 25.5 Å². The Morgan fingerprint density at radius 2 is 2.08 bits per heavy atom. The van der Waals surface area contributed by atoms with Crippen LogP contribution in [0.15, 0.2) is 30.3 Å². The van der Waals surface area contributed by atoms with Gasteiger partial charge in [0, 0.05) is 34.5 Å². The number of benzene rings is 1. The van der Waals surface area contributed by atoms with E-state index < -0.39 is 0 Å². The molecule has 2 heterocycles. The third-order valence-corrected chi connectivity index (χ3v) is 4.07. The number of anilines is 1. The van der Waals surface area contributed by atoms with E-state index in [9.17, 15) is 0 Å². The molecule has 3 aromatic rings. The molecule has 6 nitrogen and oxygen atoms in total. The first-order chi connectivity index (χ1) is 12.1. The molecule has 0 aliphatic heterocycles. The first-order valence-electron chi connectivity index (χ1n) is 8.15. The Morgan fingerprint density at radius 3 is 2.84 bits per heavy atom. The molecule has 1 aromatic carbocycles. The minimum Gasteiger partial charge on any atom is -0.394 e. The van der Waals surface area contributed by atoms with Crippen LogP contribution >= 0.6 is 11.6 Å². The Balaban J connectivity index is 1.94. The Morgan fingerprint density at radius 1 is 1.24 bits per heavy atom. The molecule has 0 amide bonds. The molecule has 0 atom stereocenters. The van der Waals surface area contributed by atoms with Gasteiger partial charge >= 0.3 is 0 Å². The van der Waals surface area contributed by atoms with Crippen molar-refractivity contribution in [1.82, 2.24) is 14.6 Å². The Labute approximate surface area is 151 Å². The standard InChI is InChI=1S/C18H21ClN4O2/c1-12-10-16(20-6-8-25-9-7-24)23-18(21-12)13(2)17(22-23)14-4-3-5-15(19)11-14/h3-5,10-11,20,24H,6-9H2,1-2H3. The molecule has 0 saturated heterocycles. The minimum atomic E-state index is 0.0277. The fraction of sp³-hybridized carbons (Fsp3) is 0.333. The number of rotatable bonds is 7. The second-order valence-corrected chi connectivity index (χ2v) is 6.20. The highest BCUT2D eigenvalue weighted by Crippen LogP contribution is 2.28. The highest BCUT2D eigenvalue weighted by Gasteiger charge is 2.15. The highest BCUT2D eigenvalue weighted by molar-refractivity contribution is 6.30. The Bertz CT molecular complexity index is 879. The minimum absolute atomic E-state index is 0.0277. The van der Waals surface area contributed by atoms with Crippen molar-refractivity contribution in [3.63, 3.8) is 0 Å². The summed E-state index contributed by atoms with van der Waals surface area (Å²) in [6, 6.07) is 9.60. The average molecular weight is 361 g/mol. The van der Waals surface area contributed by atoms with E-state index in [4.69, 9.17) is 26.5 Å². The predicted octanol–water partition coefficient (Wildman–Crippen LogP) is 3.09. The van der Waals surface area contributed by atoms with Crippen LogP contribution in [0.2, 0.25) is 5.02 Å². The number of aromatic nitrogens is 3. The second kappa shape index (κ2) is 7.82. The van der Waals surface area contributed by atoms with Crippen molar-refractivity contribution in [2.45, 2.75) is 13.8 Å². The number of aliphatic hydroxyl groups is 1. The van der Waals surface area contributed by atoms with Gasteiger partial charge in [-0.25, -0.2) is 4.98 Å². The van der Waals surface area contributed by atoms with Gasteiger partial charge in [0.15, 0.2) is 5.65 Å². The fourth-order valence-corrected chi connectivity index (χ4v) is 2.89. The van der Waals surface area contributed by atoms with Crippen LogP contribution in [0.5, 0.6) is 0 Å². The zero-order valence-electron chi connectivity index (χ0n) is 14.3. The lowest BCUT2D eigenvalue weighted by molar-refractivity contribution is 0.0991. The van der Waals surface area contributed by atoms with Crippen molar-refractivity contribution in [3.8, 4) is 11.3 Å². The van der Waals surface area contributed by atoms with Crippen LogP contribution in [0.4, 0.5) is 5.82 Å². The van der Waals surface area contributed by atoms with Crippen molar-refractivity contribution in [1.29, 1.82) is 0 Å². The molecule has 0 radical (unpaired) electrons. The SMILES string of the molecule is Cc1cc(NCCOCCO)n2nc(-c3cccc(Cl)c3)c(C)c2n1. The predicted molar refractivity (Wildman–Crippen MR) is 99.3 cm³/mol. The maximum Gasteiger partial charge on any atom is 0.161 e. The third kappa shape index (κ3) is 3.92. The van der Waals surface area contributed by atoms with Crippen molar-refractivity contribution >= 4 is 23.1 Å². The smallest absolute Gasteiger partial charge is 0.161 e. The van der Waals surface area contributed by atoms with E-state index in [0.29, 0.717) is 24.8 Å². The van der Waals surface area contributed by atoms with E-state index >= 15 is 0 Å². The van der Waals surface area contributed by atoms with Gasteiger partial charge < -0.3 is 15.2 Å². The summed E-state index contributed by atoms with van der Waals surface area (Å²) in [4.78, 5) is 4.63. The van der Waals surface area contributed by atoms with Crippen LogP contribution in [0, 0.1) is 13.8 Å². The molecule has 2 aromatic heterocycles. The third-order valence-electron chi connectivity index (χ3n) is 3.83. The zero-order chi connectivity index (χ0) is 17.8. The van der Waals surface area contributed by atoms with Gasteiger partial charge in [-0.15, -0.1) is 0 Å². The van der Waals surface area contributed by atoms with E-state index in [-0.39, 0.29) is 6.61 Å². The van der Waals surface area contributed by atoms with E-state index in [1.807, 2.05) is 48.7 Å². The van der Waals surface area contributed by atoms with E-state index in [2.05, 4.69) is 10.3 Å². The summed E-state index contributed by atoms with van der Waals surface area (Å²) >= 11 is 6.12. The van der Waals surface area contributed by atoms with Crippen LogP contribution in [-0.4, -0.2) is 46.1 Å². The molecule has 0 aliphatic rings. The van der Waals surface area contributed by atoms with Gasteiger partial charge in [-0.2, -0.15) is 9.61 Å². The highest BCUT2D eigenvalue weighted by atomic mass is 35.5. The fourth-order valence-electron chi connectivity index (χ4n) is 2.70. The van der Waals surface area contributed by atoms with E-state index in [1.165, 1.54) is 0 Å². The molecular weight excluding hydrogens is 340 g/mol. The molecule has 25 heavy (non-hydrogen) atoms. The summed E-state index contributed by atoms with van der Waals surface area (Å²) in [5, 5.41) is 17.5. The van der Waals surface area contributed by atoms with Gasteiger partial charge in [0.25, 0.3) is 0 Å². The number of hydrogen-bond acceptors (Lipinski definition) is 5. The quantitative estimate of drug-likeness (QED) is 0.633.